The molecule has 0 saturated carbocycles. The first-order valence-electron chi connectivity index (χ1n) is 6.50. The molecule has 0 bridgehead atoms. The van der Waals surface area contributed by atoms with E-state index in [1.165, 1.54) is 6.42 Å². The molecule has 4 heteroatoms. The van der Waals surface area contributed by atoms with Crippen LogP contribution in [-0.2, 0) is 13.0 Å². The molecule has 2 rings (SSSR count). The average Bonchev–Trinajstić information content (AvgIpc) is 2.75. The molecular weight excluding hydrogens is 232 g/mol. The van der Waals surface area contributed by atoms with Gasteiger partial charge in [0.1, 0.15) is 0 Å². The van der Waals surface area contributed by atoms with Gasteiger partial charge in [-0.2, -0.15) is 0 Å². The number of rotatable bonds is 3. The van der Waals surface area contributed by atoms with Crippen LogP contribution in [0.2, 0.25) is 0 Å². The monoisotopic (exact) mass is 254 g/mol. The number of piperidine rings is 1. The SMILES string of the molecule is CCc1nc(N2CCC(C)C(C)C2)sc1CO. The fourth-order valence-electron chi connectivity index (χ4n) is 2.34. The van der Waals surface area contributed by atoms with Crippen LogP contribution in [0.3, 0.4) is 0 Å². The van der Waals surface area contributed by atoms with Gasteiger partial charge < -0.3 is 10.0 Å². The van der Waals surface area contributed by atoms with Gasteiger partial charge in [0.15, 0.2) is 5.13 Å². The van der Waals surface area contributed by atoms with Gasteiger partial charge >= 0.3 is 0 Å². The average molecular weight is 254 g/mol. The third-order valence-corrected chi connectivity index (χ3v) is 4.99. The molecule has 1 fully saturated rings. The zero-order valence-electron chi connectivity index (χ0n) is 10.9. The minimum absolute atomic E-state index is 0.126. The van der Waals surface area contributed by atoms with Crippen molar-refractivity contribution in [2.45, 2.75) is 40.2 Å². The Balaban J connectivity index is 2.14. The Bertz CT molecular complexity index is 356. The zero-order valence-corrected chi connectivity index (χ0v) is 11.8. The van der Waals surface area contributed by atoms with Crippen LogP contribution in [-0.4, -0.2) is 23.2 Å². The number of anilines is 1. The number of aromatic nitrogens is 1. The van der Waals surface area contributed by atoms with Crippen molar-refractivity contribution in [2.24, 2.45) is 11.8 Å². The summed E-state index contributed by atoms with van der Waals surface area (Å²) in [4.78, 5) is 8.09. The van der Waals surface area contributed by atoms with Crippen LogP contribution >= 0.6 is 11.3 Å². The Morgan fingerprint density at radius 1 is 1.41 bits per heavy atom. The van der Waals surface area contributed by atoms with E-state index in [9.17, 15) is 5.11 Å². The smallest absolute Gasteiger partial charge is 0.185 e. The predicted octanol–water partition coefficient (Wildman–Crippen LogP) is 2.68. The van der Waals surface area contributed by atoms with Gasteiger partial charge in [-0.1, -0.05) is 32.1 Å². The Kier molecular flexibility index (Phi) is 4.05. The quantitative estimate of drug-likeness (QED) is 0.901. The van der Waals surface area contributed by atoms with E-state index in [2.05, 4.69) is 30.7 Å². The first-order chi connectivity index (χ1) is 8.15. The van der Waals surface area contributed by atoms with Crippen LogP contribution in [0.5, 0.6) is 0 Å². The van der Waals surface area contributed by atoms with E-state index in [1.54, 1.807) is 11.3 Å². The molecule has 0 aromatic carbocycles. The zero-order chi connectivity index (χ0) is 12.4. The molecule has 1 aliphatic rings. The second-order valence-corrected chi connectivity index (χ2v) is 6.13. The van der Waals surface area contributed by atoms with Crippen molar-refractivity contribution in [1.82, 2.24) is 4.98 Å². The summed E-state index contributed by atoms with van der Waals surface area (Å²) in [6, 6.07) is 0. The predicted molar refractivity (Wildman–Crippen MR) is 72.6 cm³/mol. The molecular formula is C13H22N2OS. The summed E-state index contributed by atoms with van der Waals surface area (Å²) in [5, 5.41) is 10.4. The van der Waals surface area contributed by atoms with Gasteiger partial charge in [0.25, 0.3) is 0 Å². The molecule has 1 N–H and O–H groups in total. The van der Waals surface area contributed by atoms with E-state index in [1.807, 2.05) is 0 Å². The Morgan fingerprint density at radius 3 is 2.71 bits per heavy atom. The second-order valence-electron chi connectivity index (χ2n) is 5.07. The van der Waals surface area contributed by atoms with Crippen LogP contribution in [0.4, 0.5) is 5.13 Å². The van der Waals surface area contributed by atoms with Gasteiger partial charge in [-0.3, -0.25) is 0 Å². The molecule has 1 aromatic heterocycles. The number of aliphatic hydroxyl groups is 1. The highest BCUT2D eigenvalue weighted by molar-refractivity contribution is 7.15. The summed E-state index contributed by atoms with van der Waals surface area (Å²) >= 11 is 1.66. The molecule has 0 aliphatic carbocycles. The van der Waals surface area contributed by atoms with E-state index in [0.29, 0.717) is 0 Å². The first-order valence-corrected chi connectivity index (χ1v) is 7.31. The fraction of sp³-hybridized carbons (Fsp3) is 0.769. The van der Waals surface area contributed by atoms with Gasteiger partial charge in [-0.25, -0.2) is 4.98 Å². The van der Waals surface area contributed by atoms with Crippen LogP contribution in [0, 0.1) is 11.8 Å². The van der Waals surface area contributed by atoms with Crippen LogP contribution in [0.1, 0.15) is 37.8 Å². The molecule has 0 radical (unpaired) electrons. The van der Waals surface area contributed by atoms with Crippen molar-refractivity contribution in [2.75, 3.05) is 18.0 Å². The lowest BCUT2D eigenvalue weighted by atomic mass is 9.89. The van der Waals surface area contributed by atoms with Crippen LogP contribution in [0.15, 0.2) is 0 Å². The van der Waals surface area contributed by atoms with Gasteiger partial charge in [0.2, 0.25) is 0 Å². The molecule has 17 heavy (non-hydrogen) atoms. The standard InChI is InChI=1S/C13H22N2OS/c1-4-11-12(8-16)17-13(14-11)15-6-5-9(2)10(3)7-15/h9-10,16H,4-8H2,1-3H3. The number of nitrogens with zero attached hydrogens (tertiary/aromatic N) is 2. The molecule has 0 spiro atoms. The lowest BCUT2D eigenvalue weighted by molar-refractivity contribution is 0.284. The summed E-state index contributed by atoms with van der Waals surface area (Å²) < 4.78 is 0. The normalized spacial score (nSPS) is 25.3. The first kappa shape index (κ1) is 12.8. The molecule has 0 amide bonds. The minimum atomic E-state index is 0.126. The molecule has 2 heterocycles. The lowest BCUT2D eigenvalue weighted by Crippen LogP contribution is -2.38. The van der Waals surface area contributed by atoms with Gasteiger partial charge in [0.05, 0.1) is 17.2 Å². The Labute approximate surface area is 107 Å². The number of aliphatic hydroxyl groups excluding tert-OH is 1. The number of aryl methyl sites for hydroxylation is 1. The van der Waals surface area contributed by atoms with Crippen LogP contribution in [0.25, 0.3) is 0 Å². The lowest BCUT2D eigenvalue weighted by Gasteiger charge is -2.35. The van der Waals surface area contributed by atoms with Crippen molar-refractivity contribution >= 4 is 16.5 Å². The summed E-state index contributed by atoms with van der Waals surface area (Å²) in [7, 11) is 0. The molecule has 3 nitrogen and oxygen atoms in total. The number of hydrogen-bond donors (Lipinski definition) is 1. The summed E-state index contributed by atoms with van der Waals surface area (Å²) in [5.74, 6) is 1.55. The molecule has 1 aliphatic heterocycles. The third-order valence-electron chi connectivity index (χ3n) is 3.85. The van der Waals surface area contributed by atoms with Crippen molar-refractivity contribution in [3.05, 3.63) is 10.6 Å². The molecule has 1 aromatic rings. The second kappa shape index (κ2) is 5.36. The van der Waals surface area contributed by atoms with Gasteiger partial charge in [-0.15, -0.1) is 0 Å². The Hall–Kier alpha value is -0.610. The van der Waals surface area contributed by atoms with E-state index < -0.39 is 0 Å². The van der Waals surface area contributed by atoms with Crippen molar-refractivity contribution in [3.8, 4) is 0 Å². The molecule has 1 saturated heterocycles. The number of hydrogen-bond acceptors (Lipinski definition) is 4. The van der Waals surface area contributed by atoms with Crippen molar-refractivity contribution in [1.29, 1.82) is 0 Å². The van der Waals surface area contributed by atoms with E-state index in [4.69, 9.17) is 0 Å². The van der Waals surface area contributed by atoms with Gasteiger partial charge in [0, 0.05) is 13.1 Å². The van der Waals surface area contributed by atoms with Gasteiger partial charge in [-0.05, 0) is 24.7 Å². The molecule has 2 unspecified atom stereocenters. The van der Waals surface area contributed by atoms with E-state index in [-0.39, 0.29) is 6.61 Å². The number of thiazole rings is 1. The highest BCUT2D eigenvalue weighted by atomic mass is 32.1. The van der Waals surface area contributed by atoms with E-state index >= 15 is 0 Å². The highest BCUT2D eigenvalue weighted by Gasteiger charge is 2.25. The molecule has 2 atom stereocenters. The van der Waals surface area contributed by atoms with Crippen molar-refractivity contribution in [3.63, 3.8) is 0 Å². The third kappa shape index (κ3) is 2.63. The van der Waals surface area contributed by atoms with E-state index in [0.717, 1.165) is 47.0 Å². The Morgan fingerprint density at radius 2 is 2.18 bits per heavy atom. The van der Waals surface area contributed by atoms with Crippen LogP contribution < -0.4 is 4.90 Å². The summed E-state index contributed by atoms with van der Waals surface area (Å²) in [6.07, 6.45) is 2.16. The summed E-state index contributed by atoms with van der Waals surface area (Å²) in [5.41, 5.74) is 1.07. The highest BCUT2D eigenvalue weighted by Crippen LogP contribution is 2.31. The maximum atomic E-state index is 9.31. The largest absolute Gasteiger partial charge is 0.391 e. The van der Waals surface area contributed by atoms with Crippen molar-refractivity contribution < 1.29 is 5.11 Å². The minimum Gasteiger partial charge on any atom is -0.391 e. The maximum absolute atomic E-state index is 9.31. The maximum Gasteiger partial charge on any atom is 0.185 e. The fourth-order valence-corrected chi connectivity index (χ4v) is 3.38. The topological polar surface area (TPSA) is 36.4 Å². The summed E-state index contributed by atoms with van der Waals surface area (Å²) in [6.45, 7) is 9.08. The molecule has 96 valence electrons.